The van der Waals surface area contributed by atoms with E-state index < -0.39 is 0 Å². The molecule has 0 saturated carbocycles. The molecule has 1 heterocycles. The Labute approximate surface area is 153 Å². The van der Waals surface area contributed by atoms with E-state index in [-0.39, 0.29) is 29.5 Å². The van der Waals surface area contributed by atoms with Gasteiger partial charge in [0.05, 0.1) is 12.2 Å². The quantitative estimate of drug-likeness (QED) is 0.403. The molecular weight excluding hydrogens is 391 g/mol. The fourth-order valence-corrected chi connectivity index (χ4v) is 2.61. The second-order valence-electron chi connectivity index (χ2n) is 6.85. The minimum Gasteiger partial charge on any atom is -0.373 e. The SMILES string of the molecule is CCC(C)NC(=NC)NCC(C)(C)N1CC(C)OC(C)C1.I. The number of hydrogen-bond donors (Lipinski definition) is 2. The molecule has 0 amide bonds. The lowest BCUT2D eigenvalue weighted by atomic mass is 10.00. The first-order chi connectivity index (χ1) is 9.78. The molecule has 3 atom stereocenters. The van der Waals surface area contributed by atoms with Crippen molar-refractivity contribution in [1.29, 1.82) is 0 Å². The maximum Gasteiger partial charge on any atom is 0.191 e. The highest BCUT2D eigenvalue weighted by Gasteiger charge is 2.33. The van der Waals surface area contributed by atoms with Gasteiger partial charge in [-0.2, -0.15) is 0 Å². The second-order valence-corrected chi connectivity index (χ2v) is 6.85. The molecule has 1 rings (SSSR count). The summed E-state index contributed by atoms with van der Waals surface area (Å²) in [7, 11) is 1.82. The molecule has 1 saturated heterocycles. The number of guanidine groups is 1. The normalized spacial score (nSPS) is 25.3. The monoisotopic (exact) mass is 426 g/mol. The number of nitrogens with one attached hydrogen (secondary N) is 2. The molecule has 0 aromatic carbocycles. The third kappa shape index (κ3) is 7.00. The van der Waals surface area contributed by atoms with Crippen molar-refractivity contribution in [3.05, 3.63) is 0 Å². The van der Waals surface area contributed by atoms with Gasteiger partial charge in [-0.3, -0.25) is 9.89 Å². The van der Waals surface area contributed by atoms with Gasteiger partial charge in [-0.25, -0.2) is 0 Å². The average Bonchev–Trinajstić information content (AvgIpc) is 2.42. The van der Waals surface area contributed by atoms with E-state index in [2.05, 4.69) is 62.1 Å². The number of ether oxygens (including phenoxy) is 1. The Kier molecular flexibility index (Phi) is 9.89. The number of aliphatic imine (C=N–C) groups is 1. The Morgan fingerprint density at radius 1 is 1.32 bits per heavy atom. The Hall–Kier alpha value is -0.0800. The van der Waals surface area contributed by atoms with Gasteiger partial charge in [0.2, 0.25) is 0 Å². The summed E-state index contributed by atoms with van der Waals surface area (Å²) >= 11 is 0. The van der Waals surface area contributed by atoms with Gasteiger partial charge in [0.1, 0.15) is 0 Å². The molecule has 5 nitrogen and oxygen atoms in total. The molecule has 3 unspecified atom stereocenters. The summed E-state index contributed by atoms with van der Waals surface area (Å²) in [6.45, 7) is 16.0. The summed E-state index contributed by atoms with van der Waals surface area (Å²) in [6.07, 6.45) is 1.68. The predicted molar refractivity (Wildman–Crippen MR) is 105 cm³/mol. The highest BCUT2D eigenvalue weighted by molar-refractivity contribution is 14.0. The zero-order valence-corrected chi connectivity index (χ0v) is 17.6. The van der Waals surface area contributed by atoms with Crippen LogP contribution in [0.4, 0.5) is 0 Å². The molecule has 2 N–H and O–H groups in total. The van der Waals surface area contributed by atoms with Gasteiger partial charge in [0.15, 0.2) is 5.96 Å². The molecule has 0 aromatic rings. The molecule has 1 aliphatic rings. The summed E-state index contributed by atoms with van der Waals surface area (Å²) in [5.74, 6) is 0.881. The Bertz CT molecular complexity index is 339. The van der Waals surface area contributed by atoms with Crippen LogP contribution in [-0.2, 0) is 4.74 Å². The van der Waals surface area contributed by atoms with Crippen LogP contribution in [0.3, 0.4) is 0 Å². The summed E-state index contributed by atoms with van der Waals surface area (Å²) in [5.41, 5.74) is 0.0688. The van der Waals surface area contributed by atoms with Gasteiger partial charge >= 0.3 is 0 Å². The van der Waals surface area contributed by atoms with Crippen LogP contribution in [0.5, 0.6) is 0 Å². The molecule has 0 aliphatic carbocycles. The predicted octanol–water partition coefficient (Wildman–Crippen LogP) is 2.46. The van der Waals surface area contributed by atoms with Crippen molar-refractivity contribution >= 4 is 29.9 Å². The van der Waals surface area contributed by atoms with E-state index in [1.54, 1.807) is 0 Å². The van der Waals surface area contributed by atoms with Crippen LogP contribution in [0.15, 0.2) is 4.99 Å². The van der Waals surface area contributed by atoms with Crippen LogP contribution in [0, 0.1) is 0 Å². The van der Waals surface area contributed by atoms with Crippen molar-refractivity contribution in [2.75, 3.05) is 26.7 Å². The van der Waals surface area contributed by atoms with Crippen molar-refractivity contribution in [3.63, 3.8) is 0 Å². The van der Waals surface area contributed by atoms with Gasteiger partial charge in [0, 0.05) is 38.3 Å². The van der Waals surface area contributed by atoms with E-state index in [0.29, 0.717) is 18.2 Å². The number of rotatable bonds is 5. The highest BCUT2D eigenvalue weighted by Crippen LogP contribution is 2.20. The molecule has 0 aromatic heterocycles. The zero-order valence-electron chi connectivity index (χ0n) is 15.3. The van der Waals surface area contributed by atoms with Crippen LogP contribution < -0.4 is 10.6 Å². The fourth-order valence-electron chi connectivity index (χ4n) is 2.61. The Balaban J connectivity index is 0.00000441. The molecule has 1 fully saturated rings. The van der Waals surface area contributed by atoms with E-state index >= 15 is 0 Å². The Morgan fingerprint density at radius 2 is 1.86 bits per heavy atom. The van der Waals surface area contributed by atoms with Gasteiger partial charge in [-0.05, 0) is 41.0 Å². The Morgan fingerprint density at radius 3 is 2.32 bits per heavy atom. The van der Waals surface area contributed by atoms with E-state index in [9.17, 15) is 0 Å². The second kappa shape index (κ2) is 9.93. The lowest BCUT2D eigenvalue weighted by Crippen LogP contribution is -2.59. The van der Waals surface area contributed by atoms with E-state index in [4.69, 9.17) is 4.74 Å². The van der Waals surface area contributed by atoms with Crippen molar-refractivity contribution < 1.29 is 4.74 Å². The third-order valence-corrected chi connectivity index (χ3v) is 4.18. The average molecular weight is 426 g/mol. The molecule has 6 heteroatoms. The number of halogens is 1. The summed E-state index contributed by atoms with van der Waals surface area (Å²) < 4.78 is 5.83. The molecule has 132 valence electrons. The number of hydrogen-bond acceptors (Lipinski definition) is 3. The summed E-state index contributed by atoms with van der Waals surface area (Å²) in [5, 5.41) is 6.86. The minimum atomic E-state index is 0. The van der Waals surface area contributed by atoms with Gasteiger partial charge in [0.25, 0.3) is 0 Å². The van der Waals surface area contributed by atoms with Gasteiger partial charge in [-0.1, -0.05) is 6.92 Å². The molecular formula is C16H35IN4O. The maximum atomic E-state index is 5.83. The lowest BCUT2D eigenvalue weighted by molar-refractivity contribution is -0.0946. The van der Waals surface area contributed by atoms with Gasteiger partial charge in [-0.15, -0.1) is 24.0 Å². The van der Waals surface area contributed by atoms with Crippen LogP contribution in [-0.4, -0.2) is 61.3 Å². The molecule has 0 radical (unpaired) electrons. The van der Waals surface area contributed by atoms with Crippen molar-refractivity contribution in [2.45, 2.75) is 71.8 Å². The van der Waals surface area contributed by atoms with Crippen LogP contribution in [0.2, 0.25) is 0 Å². The van der Waals surface area contributed by atoms with E-state index in [1.807, 2.05) is 7.05 Å². The fraction of sp³-hybridized carbons (Fsp3) is 0.938. The summed E-state index contributed by atoms with van der Waals surface area (Å²) in [6, 6.07) is 0.433. The van der Waals surface area contributed by atoms with Crippen molar-refractivity contribution in [3.8, 4) is 0 Å². The standard InChI is InChI=1S/C16H34N4O.HI/c1-8-12(2)19-15(17-7)18-11-16(5,6)20-9-13(3)21-14(4)10-20;/h12-14H,8-11H2,1-7H3,(H2,17,18,19);1H. The number of nitrogens with zero attached hydrogens (tertiary/aromatic N) is 2. The highest BCUT2D eigenvalue weighted by atomic mass is 127. The van der Waals surface area contributed by atoms with Crippen molar-refractivity contribution in [2.24, 2.45) is 4.99 Å². The zero-order chi connectivity index (χ0) is 16.0. The minimum absolute atomic E-state index is 0. The number of morpholine rings is 1. The smallest absolute Gasteiger partial charge is 0.191 e. The lowest BCUT2D eigenvalue weighted by Gasteiger charge is -2.45. The van der Waals surface area contributed by atoms with Crippen LogP contribution >= 0.6 is 24.0 Å². The van der Waals surface area contributed by atoms with E-state index in [1.165, 1.54) is 0 Å². The van der Waals surface area contributed by atoms with Crippen molar-refractivity contribution in [1.82, 2.24) is 15.5 Å². The first kappa shape index (κ1) is 21.9. The topological polar surface area (TPSA) is 48.9 Å². The van der Waals surface area contributed by atoms with Crippen LogP contribution in [0.1, 0.15) is 48.0 Å². The first-order valence-electron chi connectivity index (χ1n) is 8.16. The summed E-state index contributed by atoms with van der Waals surface area (Å²) in [4.78, 5) is 6.81. The molecule has 22 heavy (non-hydrogen) atoms. The maximum absolute atomic E-state index is 5.83. The molecule has 0 bridgehead atoms. The van der Waals surface area contributed by atoms with E-state index in [0.717, 1.165) is 32.0 Å². The third-order valence-electron chi connectivity index (χ3n) is 4.18. The molecule has 1 aliphatic heterocycles. The first-order valence-corrected chi connectivity index (χ1v) is 8.16. The van der Waals surface area contributed by atoms with Gasteiger partial charge < -0.3 is 15.4 Å². The largest absolute Gasteiger partial charge is 0.373 e. The van der Waals surface area contributed by atoms with Crippen LogP contribution in [0.25, 0.3) is 0 Å². The molecule has 0 spiro atoms.